The number of aromatic nitrogens is 1. The highest BCUT2D eigenvalue weighted by Gasteiger charge is 2.71. The van der Waals surface area contributed by atoms with Crippen molar-refractivity contribution in [1.29, 1.82) is 0 Å². The van der Waals surface area contributed by atoms with E-state index in [1.807, 2.05) is 0 Å². The number of halogens is 8. The lowest BCUT2D eigenvalue weighted by Gasteiger charge is -2.33. The molecule has 0 saturated carbocycles. The van der Waals surface area contributed by atoms with Crippen LogP contribution in [0.5, 0.6) is 0 Å². The molecule has 0 aliphatic carbocycles. The lowest BCUT2D eigenvalue weighted by atomic mass is 9.89. The van der Waals surface area contributed by atoms with Gasteiger partial charge < -0.3 is 20.4 Å². The maximum atomic E-state index is 14.2. The van der Waals surface area contributed by atoms with Gasteiger partial charge in [-0.25, -0.2) is 13.8 Å². The maximum Gasteiger partial charge on any atom is 0.430 e. The van der Waals surface area contributed by atoms with Crippen molar-refractivity contribution in [3.63, 3.8) is 0 Å². The van der Waals surface area contributed by atoms with Gasteiger partial charge in [-0.2, -0.15) is 26.3 Å². The molecule has 0 spiro atoms. The van der Waals surface area contributed by atoms with Crippen LogP contribution in [0.25, 0.3) is 10.4 Å². The van der Waals surface area contributed by atoms with Crippen molar-refractivity contribution in [1.82, 2.24) is 15.2 Å². The van der Waals surface area contributed by atoms with Crippen molar-refractivity contribution in [2.75, 3.05) is 13.1 Å². The summed E-state index contributed by atoms with van der Waals surface area (Å²) >= 11 is 0.366. The lowest BCUT2D eigenvalue weighted by Crippen LogP contribution is -2.54. The minimum absolute atomic E-state index is 0.150. The first-order chi connectivity index (χ1) is 19.1. The largest absolute Gasteiger partial charge is 0.481 e. The number of nitrogens with one attached hydrogen (secondary N) is 1. The number of hydrogen-bond acceptors (Lipinski definition) is 6. The second-order valence-corrected chi connectivity index (χ2v) is 11.4. The third-order valence-corrected chi connectivity index (χ3v) is 7.96. The Balaban J connectivity index is 2.20. The quantitative estimate of drug-likeness (QED) is 0.330. The zero-order valence-corrected chi connectivity index (χ0v) is 23.0. The Hall–Kier alpha value is -3.34. The van der Waals surface area contributed by atoms with Gasteiger partial charge >= 0.3 is 18.3 Å². The van der Waals surface area contributed by atoms with E-state index in [-0.39, 0.29) is 24.7 Å². The number of benzene rings is 1. The van der Waals surface area contributed by atoms with Crippen molar-refractivity contribution in [2.45, 2.75) is 64.0 Å². The highest BCUT2D eigenvalue weighted by atomic mass is 32.1. The topological polar surface area (TPSA) is 120 Å². The monoisotopic (exact) mass is 631 g/mol. The van der Waals surface area contributed by atoms with Crippen LogP contribution >= 0.6 is 11.3 Å². The molecule has 2 heterocycles. The fourth-order valence-corrected chi connectivity index (χ4v) is 5.25. The summed E-state index contributed by atoms with van der Waals surface area (Å²) in [7, 11) is 0. The molecule has 42 heavy (non-hydrogen) atoms. The Labute approximate surface area is 237 Å². The van der Waals surface area contributed by atoms with Crippen molar-refractivity contribution < 1.29 is 59.7 Å². The van der Waals surface area contributed by atoms with E-state index in [0.29, 0.717) is 30.2 Å². The molecular formula is C25H25F8N3O5S. The first-order valence-corrected chi connectivity index (χ1v) is 13.1. The first-order valence-electron chi connectivity index (χ1n) is 12.3. The second-order valence-electron chi connectivity index (χ2n) is 10.4. The minimum Gasteiger partial charge on any atom is -0.481 e. The van der Waals surface area contributed by atoms with E-state index in [9.17, 15) is 59.7 Å². The number of nitrogens with zero attached hydrogens (tertiary/aromatic N) is 2. The van der Waals surface area contributed by atoms with Crippen LogP contribution in [-0.2, 0) is 10.4 Å². The number of likely N-dealkylation sites (tertiary alicyclic amines) is 1. The number of amides is 2. The number of aliphatic carboxylic acids is 1. The Morgan fingerprint density at radius 3 is 2.19 bits per heavy atom. The van der Waals surface area contributed by atoms with Gasteiger partial charge in [-0.15, -0.1) is 11.3 Å². The van der Waals surface area contributed by atoms with Gasteiger partial charge in [0.25, 0.3) is 23.8 Å². The molecule has 0 bridgehead atoms. The number of carbonyl (C=O) groups is 3. The number of hydrogen-bond donors (Lipinski definition) is 3. The van der Waals surface area contributed by atoms with E-state index >= 15 is 0 Å². The molecule has 1 atom stereocenters. The molecule has 232 valence electrons. The first kappa shape index (κ1) is 33.2. The second kappa shape index (κ2) is 11.4. The van der Waals surface area contributed by atoms with Gasteiger partial charge in [0.1, 0.15) is 5.69 Å². The van der Waals surface area contributed by atoms with Crippen LogP contribution in [0, 0.1) is 5.41 Å². The van der Waals surface area contributed by atoms with Crippen molar-refractivity contribution in [2.24, 2.45) is 5.41 Å². The van der Waals surface area contributed by atoms with Crippen molar-refractivity contribution in [3.05, 3.63) is 40.0 Å². The summed E-state index contributed by atoms with van der Waals surface area (Å²) < 4.78 is 109. The Kier molecular flexibility index (Phi) is 8.99. The zero-order chi connectivity index (χ0) is 32.0. The van der Waals surface area contributed by atoms with E-state index in [1.54, 1.807) is 6.92 Å². The van der Waals surface area contributed by atoms with Gasteiger partial charge in [0.2, 0.25) is 0 Å². The molecule has 2 amide bonds. The van der Waals surface area contributed by atoms with Gasteiger partial charge in [-0.05, 0) is 39.7 Å². The minimum atomic E-state index is -6.33. The molecule has 17 heteroatoms. The molecule has 1 aromatic heterocycles. The summed E-state index contributed by atoms with van der Waals surface area (Å²) in [6.45, 7) is 4.11. The van der Waals surface area contributed by atoms with Gasteiger partial charge in [0.15, 0.2) is 5.01 Å². The van der Waals surface area contributed by atoms with Gasteiger partial charge in [0, 0.05) is 35.8 Å². The predicted molar refractivity (Wildman–Crippen MR) is 132 cm³/mol. The lowest BCUT2D eigenvalue weighted by molar-refractivity contribution is -0.376. The van der Waals surface area contributed by atoms with Crippen LogP contribution in [0.2, 0.25) is 0 Å². The molecule has 0 radical (unpaired) electrons. The summed E-state index contributed by atoms with van der Waals surface area (Å²) in [5, 5.41) is 20.8. The Morgan fingerprint density at radius 1 is 1.12 bits per heavy atom. The number of alkyl halides is 8. The molecule has 2 aromatic rings. The average molecular weight is 632 g/mol. The van der Waals surface area contributed by atoms with Crippen LogP contribution in [0.4, 0.5) is 35.1 Å². The summed E-state index contributed by atoms with van der Waals surface area (Å²) in [5.41, 5.74) is -11.5. The molecule has 8 nitrogen and oxygen atoms in total. The van der Waals surface area contributed by atoms with Crippen LogP contribution in [-0.4, -0.2) is 69.4 Å². The molecule has 1 fully saturated rings. The zero-order valence-electron chi connectivity index (χ0n) is 22.2. The number of rotatable bonds is 8. The number of carbonyl (C=O) groups excluding carboxylic acids is 2. The third-order valence-electron chi connectivity index (χ3n) is 6.88. The Morgan fingerprint density at radius 2 is 1.71 bits per heavy atom. The van der Waals surface area contributed by atoms with Crippen LogP contribution in [0.15, 0.2) is 18.2 Å². The van der Waals surface area contributed by atoms with E-state index in [0.717, 1.165) is 0 Å². The molecule has 3 rings (SSSR count). The standard InChI is InChI=1S/C25H25F8N3O5S/c1-11-5-4-8-36(11)20(38)15-16(42-19(35-15)18(37)34-10-22(2,3)21(39)40)13-7-6-12(9-14(13)17(26)27)23(41,24(28,29)30)25(31,32)33/h6-7,9,11,17,41H,4-5,8,10H2,1-3H3,(H,34,37)(H,39,40)/t11-/m0/s1. The van der Waals surface area contributed by atoms with Crippen molar-refractivity contribution >= 4 is 29.1 Å². The highest BCUT2D eigenvalue weighted by molar-refractivity contribution is 7.17. The van der Waals surface area contributed by atoms with E-state index < -0.39 is 86.4 Å². The van der Waals surface area contributed by atoms with E-state index in [4.69, 9.17) is 0 Å². The molecule has 1 aromatic carbocycles. The SMILES string of the molecule is C[C@H]1CCCN1C(=O)c1nc(C(=O)NCC(C)(C)C(=O)O)sc1-c1ccc(C(O)(C(F)(F)F)C(F)(F)F)cc1C(F)F. The summed E-state index contributed by atoms with van der Waals surface area (Å²) in [4.78, 5) is 42.5. The highest BCUT2D eigenvalue weighted by Crippen LogP contribution is 2.51. The van der Waals surface area contributed by atoms with E-state index in [1.165, 1.54) is 18.7 Å². The number of aliphatic hydroxyl groups is 1. The summed E-state index contributed by atoms with van der Waals surface area (Å²) in [6, 6.07) is 0.143. The van der Waals surface area contributed by atoms with Crippen molar-refractivity contribution in [3.8, 4) is 10.4 Å². The number of carboxylic acids is 1. The molecule has 1 saturated heterocycles. The van der Waals surface area contributed by atoms with Gasteiger partial charge in [-0.3, -0.25) is 14.4 Å². The molecule has 1 aliphatic rings. The van der Waals surface area contributed by atoms with Crippen LogP contribution < -0.4 is 5.32 Å². The maximum absolute atomic E-state index is 14.2. The molecule has 0 unspecified atom stereocenters. The van der Waals surface area contributed by atoms with Crippen LogP contribution in [0.3, 0.4) is 0 Å². The number of thiazole rings is 1. The van der Waals surface area contributed by atoms with Gasteiger partial charge in [0.05, 0.1) is 10.3 Å². The summed E-state index contributed by atoms with van der Waals surface area (Å²) in [5.74, 6) is -3.08. The fourth-order valence-electron chi connectivity index (χ4n) is 4.23. The molecule has 1 aliphatic heterocycles. The number of carboxylic acid groups (broad SMARTS) is 1. The Bertz CT molecular complexity index is 1360. The normalized spacial score (nSPS) is 16.7. The predicted octanol–water partition coefficient (Wildman–Crippen LogP) is 5.53. The average Bonchev–Trinajstić information content (AvgIpc) is 3.51. The molecule has 3 N–H and O–H groups in total. The summed E-state index contributed by atoms with van der Waals surface area (Å²) in [6.07, 6.45) is -15.2. The fraction of sp³-hybridized carbons (Fsp3) is 0.520. The van der Waals surface area contributed by atoms with Crippen LogP contribution in [0.1, 0.15) is 71.5 Å². The van der Waals surface area contributed by atoms with Gasteiger partial charge in [-0.1, -0.05) is 12.1 Å². The van der Waals surface area contributed by atoms with E-state index in [2.05, 4.69) is 10.3 Å². The third kappa shape index (κ3) is 6.07. The smallest absolute Gasteiger partial charge is 0.430 e. The molecular weight excluding hydrogens is 606 g/mol.